The predicted octanol–water partition coefficient (Wildman–Crippen LogP) is 4.97. The van der Waals surface area contributed by atoms with E-state index in [1.807, 2.05) is 0 Å². The van der Waals surface area contributed by atoms with Crippen molar-refractivity contribution < 1.29 is 14.0 Å². The molecule has 0 aromatic heterocycles. The molecule has 0 aliphatic carbocycles. The third kappa shape index (κ3) is 5.84. The van der Waals surface area contributed by atoms with Gasteiger partial charge in [0.25, 0.3) is 0 Å². The maximum absolute atomic E-state index is 10.7. The van der Waals surface area contributed by atoms with Crippen molar-refractivity contribution in [2.75, 3.05) is 6.61 Å². The molecule has 23 heavy (non-hydrogen) atoms. The van der Waals surface area contributed by atoms with Crippen molar-refractivity contribution in [3.8, 4) is 0 Å². The summed E-state index contributed by atoms with van der Waals surface area (Å²) in [5, 5.41) is 0.221. The quantitative estimate of drug-likeness (QED) is 0.355. The minimum absolute atomic E-state index is 0.127. The highest BCUT2D eigenvalue weighted by molar-refractivity contribution is 6.74. The molecule has 1 saturated heterocycles. The second-order valence-electron chi connectivity index (χ2n) is 8.39. The van der Waals surface area contributed by atoms with Crippen LogP contribution in [0.1, 0.15) is 53.9 Å². The Morgan fingerprint density at radius 2 is 2.00 bits per heavy atom. The van der Waals surface area contributed by atoms with Crippen LogP contribution in [0.4, 0.5) is 0 Å². The third-order valence-electron chi connectivity index (χ3n) is 5.49. The van der Waals surface area contributed by atoms with E-state index in [4.69, 9.17) is 9.16 Å². The second-order valence-corrected chi connectivity index (χ2v) is 13.1. The van der Waals surface area contributed by atoms with Gasteiger partial charge < -0.3 is 14.0 Å². The lowest BCUT2D eigenvalue weighted by molar-refractivity contribution is -0.108. The van der Waals surface area contributed by atoms with E-state index in [1.165, 1.54) is 0 Å². The predicted molar refractivity (Wildman–Crippen MR) is 99.2 cm³/mol. The van der Waals surface area contributed by atoms with Gasteiger partial charge in [-0.1, -0.05) is 46.8 Å². The number of carbonyl (C=O) groups is 1. The van der Waals surface area contributed by atoms with Crippen LogP contribution in [-0.4, -0.2) is 33.4 Å². The number of hydrogen-bond donors (Lipinski definition) is 0. The van der Waals surface area contributed by atoms with Crippen LogP contribution >= 0.6 is 0 Å². The Kier molecular flexibility index (Phi) is 7.69. The normalized spacial score (nSPS) is 27.5. The lowest BCUT2D eigenvalue weighted by atomic mass is 9.88. The van der Waals surface area contributed by atoms with Crippen LogP contribution in [0, 0.1) is 11.8 Å². The Morgan fingerprint density at radius 3 is 2.52 bits per heavy atom. The smallest absolute Gasteiger partial charge is 0.192 e. The van der Waals surface area contributed by atoms with Crippen molar-refractivity contribution in [2.45, 2.75) is 84.2 Å². The molecule has 4 heteroatoms. The Hall–Kier alpha value is -0.453. The molecule has 134 valence electrons. The molecule has 1 aliphatic rings. The van der Waals surface area contributed by atoms with Gasteiger partial charge in [0, 0.05) is 6.42 Å². The molecule has 1 fully saturated rings. The van der Waals surface area contributed by atoms with Crippen molar-refractivity contribution >= 4 is 14.6 Å². The number of hydrogen-bond acceptors (Lipinski definition) is 3. The first-order chi connectivity index (χ1) is 10.6. The van der Waals surface area contributed by atoms with E-state index in [2.05, 4.69) is 59.9 Å². The summed E-state index contributed by atoms with van der Waals surface area (Å²) in [4.78, 5) is 10.7. The Balaban J connectivity index is 2.70. The zero-order valence-electron chi connectivity index (χ0n) is 16.1. The van der Waals surface area contributed by atoms with Gasteiger partial charge in [-0.3, -0.25) is 0 Å². The summed E-state index contributed by atoms with van der Waals surface area (Å²) in [5.74, 6) is 0.966. The van der Waals surface area contributed by atoms with E-state index in [0.29, 0.717) is 18.3 Å². The molecule has 0 bridgehead atoms. The van der Waals surface area contributed by atoms with Crippen molar-refractivity contribution in [3.63, 3.8) is 0 Å². The molecule has 4 atom stereocenters. The largest absolute Gasteiger partial charge is 0.411 e. The van der Waals surface area contributed by atoms with Gasteiger partial charge in [-0.15, -0.1) is 0 Å². The van der Waals surface area contributed by atoms with Gasteiger partial charge in [0.15, 0.2) is 8.32 Å². The topological polar surface area (TPSA) is 35.5 Å². The minimum Gasteiger partial charge on any atom is -0.411 e. The zero-order chi connectivity index (χ0) is 17.7. The van der Waals surface area contributed by atoms with E-state index >= 15 is 0 Å². The summed E-state index contributed by atoms with van der Waals surface area (Å²) in [7, 11) is -1.76. The highest BCUT2D eigenvalue weighted by Crippen LogP contribution is 2.38. The summed E-state index contributed by atoms with van der Waals surface area (Å²) in [6.45, 7) is 16.6. The minimum atomic E-state index is -1.76. The maximum Gasteiger partial charge on any atom is 0.192 e. The molecule has 0 saturated carbocycles. The Morgan fingerprint density at radius 1 is 1.35 bits per heavy atom. The molecule has 1 heterocycles. The highest BCUT2D eigenvalue weighted by atomic mass is 28.4. The van der Waals surface area contributed by atoms with E-state index in [1.54, 1.807) is 0 Å². The number of aldehydes is 1. The molecule has 0 spiro atoms. The molecular formula is C19H36O3Si. The SMILES string of the molecule is CC[C@@H](/C=C/[C@H]1OC[C@H](C)[C@@H]1CCC=O)O[Si](C)(C)C(C)(C)C. The molecule has 0 amide bonds. The molecular weight excluding hydrogens is 304 g/mol. The molecule has 3 nitrogen and oxygen atoms in total. The fraction of sp³-hybridized carbons (Fsp3) is 0.842. The summed E-state index contributed by atoms with van der Waals surface area (Å²) >= 11 is 0. The van der Waals surface area contributed by atoms with Gasteiger partial charge in [-0.05, 0) is 42.8 Å². The highest BCUT2D eigenvalue weighted by Gasteiger charge is 2.38. The lowest BCUT2D eigenvalue weighted by Crippen LogP contribution is -2.43. The molecule has 0 radical (unpaired) electrons. The monoisotopic (exact) mass is 340 g/mol. The summed E-state index contributed by atoms with van der Waals surface area (Å²) in [6, 6.07) is 0. The van der Waals surface area contributed by atoms with Crippen LogP contribution in [0.5, 0.6) is 0 Å². The van der Waals surface area contributed by atoms with Gasteiger partial charge in [0.1, 0.15) is 6.29 Å². The fourth-order valence-corrected chi connectivity index (χ4v) is 4.14. The maximum atomic E-state index is 10.7. The Labute approximate surface area is 144 Å². The molecule has 0 aromatic rings. The first-order valence-corrected chi connectivity index (χ1v) is 11.9. The summed E-state index contributed by atoms with van der Waals surface area (Å²) in [6.07, 6.45) is 8.19. The number of rotatable bonds is 8. The fourth-order valence-electron chi connectivity index (χ4n) is 2.79. The van der Waals surface area contributed by atoms with Gasteiger partial charge in [0.05, 0.1) is 18.8 Å². The van der Waals surface area contributed by atoms with Crippen LogP contribution in [-0.2, 0) is 14.0 Å². The van der Waals surface area contributed by atoms with Crippen molar-refractivity contribution in [2.24, 2.45) is 11.8 Å². The van der Waals surface area contributed by atoms with Crippen LogP contribution in [0.25, 0.3) is 0 Å². The third-order valence-corrected chi connectivity index (χ3v) is 10.00. The molecule has 0 unspecified atom stereocenters. The van der Waals surface area contributed by atoms with Gasteiger partial charge >= 0.3 is 0 Å². The lowest BCUT2D eigenvalue weighted by Gasteiger charge is -2.38. The van der Waals surface area contributed by atoms with Crippen LogP contribution in [0.2, 0.25) is 18.1 Å². The number of carbonyl (C=O) groups excluding carboxylic acids is 1. The number of ether oxygens (including phenoxy) is 1. The second kappa shape index (κ2) is 8.59. The molecule has 0 aromatic carbocycles. The van der Waals surface area contributed by atoms with Gasteiger partial charge in [-0.25, -0.2) is 0 Å². The van der Waals surface area contributed by atoms with E-state index in [0.717, 1.165) is 25.7 Å². The van der Waals surface area contributed by atoms with Crippen LogP contribution in [0.15, 0.2) is 12.2 Å². The van der Waals surface area contributed by atoms with Crippen molar-refractivity contribution in [1.82, 2.24) is 0 Å². The van der Waals surface area contributed by atoms with Crippen molar-refractivity contribution in [3.05, 3.63) is 12.2 Å². The molecule has 1 aliphatic heterocycles. The van der Waals surface area contributed by atoms with Gasteiger partial charge in [-0.2, -0.15) is 0 Å². The standard InChI is InChI=1S/C19H36O3Si/c1-8-16(22-23(6,7)19(3,4)5)11-12-18-17(10-9-13-20)15(2)14-21-18/h11-13,15-18H,8-10,14H2,1-7H3/b12-11+/t15-,16-,17-,18+/m0/s1. The first-order valence-electron chi connectivity index (χ1n) is 9.03. The van der Waals surface area contributed by atoms with Crippen LogP contribution in [0.3, 0.4) is 0 Å². The van der Waals surface area contributed by atoms with E-state index in [-0.39, 0.29) is 17.2 Å². The molecule has 1 rings (SSSR count). The van der Waals surface area contributed by atoms with E-state index in [9.17, 15) is 4.79 Å². The first kappa shape index (κ1) is 20.6. The van der Waals surface area contributed by atoms with E-state index < -0.39 is 8.32 Å². The zero-order valence-corrected chi connectivity index (χ0v) is 17.1. The summed E-state index contributed by atoms with van der Waals surface area (Å²) < 4.78 is 12.4. The van der Waals surface area contributed by atoms with Crippen molar-refractivity contribution in [1.29, 1.82) is 0 Å². The Bertz CT molecular complexity index is 398. The molecule has 0 N–H and O–H groups in total. The average Bonchev–Trinajstić information content (AvgIpc) is 2.80. The average molecular weight is 341 g/mol. The van der Waals surface area contributed by atoms with Crippen LogP contribution < -0.4 is 0 Å². The van der Waals surface area contributed by atoms with Gasteiger partial charge in [0.2, 0.25) is 0 Å². The summed E-state index contributed by atoms with van der Waals surface area (Å²) in [5.41, 5.74) is 0.